The van der Waals surface area contributed by atoms with E-state index in [1.54, 1.807) is 16.4 Å². The summed E-state index contributed by atoms with van der Waals surface area (Å²) in [6, 6.07) is 15.4. The van der Waals surface area contributed by atoms with Crippen molar-refractivity contribution in [3.8, 4) is 0 Å². The van der Waals surface area contributed by atoms with Gasteiger partial charge in [-0.1, -0.05) is 42.0 Å². The van der Waals surface area contributed by atoms with Crippen LogP contribution in [0.3, 0.4) is 0 Å². The van der Waals surface area contributed by atoms with E-state index in [1.807, 2.05) is 25.1 Å². The molecule has 1 N–H and O–H groups in total. The first-order valence-corrected chi connectivity index (χ1v) is 12.5. The van der Waals surface area contributed by atoms with Gasteiger partial charge >= 0.3 is 0 Å². The normalized spacial score (nSPS) is 20.6. The van der Waals surface area contributed by atoms with Crippen LogP contribution >= 0.6 is 0 Å². The SMILES string of the molecule is Cc1ccc(S(=O)(=O)N2CCCN(CC(=O)NC3CCCc4ccccc43)CC2)cc1. The minimum absolute atomic E-state index is 0.0107. The molecule has 2 aromatic rings. The molecule has 1 heterocycles. The first kappa shape index (κ1) is 22.0. The van der Waals surface area contributed by atoms with Crippen LogP contribution in [0.2, 0.25) is 0 Å². The van der Waals surface area contributed by atoms with Crippen molar-refractivity contribution >= 4 is 15.9 Å². The molecule has 1 aliphatic heterocycles. The van der Waals surface area contributed by atoms with E-state index in [-0.39, 0.29) is 11.9 Å². The first-order chi connectivity index (χ1) is 14.9. The smallest absolute Gasteiger partial charge is 0.243 e. The van der Waals surface area contributed by atoms with E-state index < -0.39 is 10.0 Å². The van der Waals surface area contributed by atoms with Crippen LogP contribution in [0.25, 0.3) is 0 Å². The van der Waals surface area contributed by atoms with Crippen molar-refractivity contribution in [3.05, 3.63) is 65.2 Å². The number of aryl methyl sites for hydroxylation is 2. The molecule has 1 aliphatic carbocycles. The Labute approximate surface area is 185 Å². The highest BCUT2D eigenvalue weighted by Gasteiger charge is 2.28. The molecule has 6 nitrogen and oxygen atoms in total. The summed E-state index contributed by atoms with van der Waals surface area (Å²) in [5, 5.41) is 3.20. The minimum Gasteiger partial charge on any atom is -0.348 e. The molecule has 2 aliphatic rings. The van der Waals surface area contributed by atoms with Crippen molar-refractivity contribution in [1.82, 2.24) is 14.5 Å². The molecule has 0 spiro atoms. The van der Waals surface area contributed by atoms with Crippen LogP contribution in [0, 0.1) is 6.92 Å². The number of nitrogens with one attached hydrogen (secondary N) is 1. The lowest BCUT2D eigenvalue weighted by Gasteiger charge is -2.28. The van der Waals surface area contributed by atoms with Gasteiger partial charge in [-0.25, -0.2) is 8.42 Å². The van der Waals surface area contributed by atoms with Gasteiger partial charge in [0.25, 0.3) is 0 Å². The number of sulfonamides is 1. The molecule has 1 saturated heterocycles. The largest absolute Gasteiger partial charge is 0.348 e. The maximum atomic E-state index is 13.0. The first-order valence-electron chi connectivity index (χ1n) is 11.1. The molecule has 0 radical (unpaired) electrons. The van der Waals surface area contributed by atoms with Gasteiger partial charge in [0.05, 0.1) is 17.5 Å². The lowest BCUT2D eigenvalue weighted by Crippen LogP contribution is -2.41. The predicted octanol–water partition coefficient (Wildman–Crippen LogP) is 2.89. The lowest BCUT2D eigenvalue weighted by atomic mass is 9.88. The van der Waals surface area contributed by atoms with Gasteiger partial charge in [-0.2, -0.15) is 4.31 Å². The summed E-state index contributed by atoms with van der Waals surface area (Å²) in [6.45, 7) is 4.39. The Morgan fingerprint density at radius 1 is 1.00 bits per heavy atom. The van der Waals surface area contributed by atoms with Gasteiger partial charge < -0.3 is 5.32 Å². The van der Waals surface area contributed by atoms with Gasteiger partial charge in [-0.15, -0.1) is 0 Å². The third-order valence-electron chi connectivity index (χ3n) is 6.28. The van der Waals surface area contributed by atoms with Crippen LogP contribution in [-0.2, 0) is 21.2 Å². The van der Waals surface area contributed by atoms with Gasteiger partial charge in [-0.3, -0.25) is 9.69 Å². The van der Waals surface area contributed by atoms with Crippen LogP contribution in [0.5, 0.6) is 0 Å². The van der Waals surface area contributed by atoms with Gasteiger partial charge in [-0.05, 0) is 62.4 Å². The van der Waals surface area contributed by atoms with E-state index in [2.05, 4.69) is 28.4 Å². The molecule has 7 heteroatoms. The number of nitrogens with zero attached hydrogens (tertiary/aromatic N) is 2. The lowest BCUT2D eigenvalue weighted by molar-refractivity contribution is -0.123. The summed E-state index contributed by atoms with van der Waals surface area (Å²) in [6.07, 6.45) is 3.83. The van der Waals surface area contributed by atoms with E-state index in [0.717, 1.165) is 24.8 Å². The molecule has 166 valence electrons. The highest BCUT2D eigenvalue weighted by Crippen LogP contribution is 2.29. The van der Waals surface area contributed by atoms with Gasteiger partial charge in [0.1, 0.15) is 0 Å². The summed E-state index contributed by atoms with van der Waals surface area (Å²) in [7, 11) is -3.50. The van der Waals surface area contributed by atoms with Crippen LogP contribution in [0.4, 0.5) is 0 Å². The summed E-state index contributed by atoms with van der Waals surface area (Å²) < 4.78 is 27.5. The number of fused-ring (bicyclic) bond motifs is 1. The van der Waals surface area contributed by atoms with E-state index in [4.69, 9.17) is 0 Å². The van der Waals surface area contributed by atoms with Crippen molar-refractivity contribution in [2.24, 2.45) is 0 Å². The Morgan fingerprint density at radius 2 is 1.77 bits per heavy atom. The fourth-order valence-corrected chi connectivity index (χ4v) is 6.02. The number of amides is 1. The fourth-order valence-electron chi connectivity index (χ4n) is 4.55. The highest BCUT2D eigenvalue weighted by atomic mass is 32.2. The standard InChI is InChI=1S/C24H31N3O3S/c1-19-10-12-21(13-11-19)31(29,30)27-15-5-14-26(16-17-27)18-24(28)25-23-9-4-7-20-6-2-3-8-22(20)23/h2-3,6,8,10-13,23H,4-5,7,9,14-18H2,1H3,(H,25,28). The molecular weight excluding hydrogens is 410 g/mol. The number of carbonyl (C=O) groups excluding carboxylic acids is 1. The van der Waals surface area contributed by atoms with Crippen molar-refractivity contribution in [2.75, 3.05) is 32.7 Å². The zero-order chi connectivity index (χ0) is 21.8. The van der Waals surface area contributed by atoms with Crippen LogP contribution in [-0.4, -0.2) is 56.3 Å². The van der Waals surface area contributed by atoms with Crippen molar-refractivity contribution < 1.29 is 13.2 Å². The molecule has 31 heavy (non-hydrogen) atoms. The summed E-state index contributed by atoms with van der Waals surface area (Å²) in [4.78, 5) is 15.1. The molecule has 1 amide bonds. The quantitative estimate of drug-likeness (QED) is 0.775. The third-order valence-corrected chi connectivity index (χ3v) is 8.19. The number of rotatable bonds is 5. The van der Waals surface area contributed by atoms with Crippen molar-refractivity contribution in [3.63, 3.8) is 0 Å². The topological polar surface area (TPSA) is 69.7 Å². The predicted molar refractivity (Wildman–Crippen MR) is 121 cm³/mol. The maximum Gasteiger partial charge on any atom is 0.243 e. The molecule has 0 aromatic heterocycles. The minimum atomic E-state index is -3.50. The van der Waals surface area contributed by atoms with E-state index in [0.29, 0.717) is 44.0 Å². The monoisotopic (exact) mass is 441 g/mol. The average molecular weight is 442 g/mol. The zero-order valence-corrected chi connectivity index (χ0v) is 18.9. The highest BCUT2D eigenvalue weighted by molar-refractivity contribution is 7.89. The Morgan fingerprint density at radius 3 is 2.58 bits per heavy atom. The molecular formula is C24H31N3O3S. The number of carbonyl (C=O) groups is 1. The van der Waals surface area contributed by atoms with Crippen LogP contribution in [0.1, 0.15) is 42.0 Å². The molecule has 1 unspecified atom stereocenters. The van der Waals surface area contributed by atoms with Gasteiger partial charge in [0.2, 0.25) is 15.9 Å². The molecule has 1 fully saturated rings. The molecule has 1 atom stereocenters. The second kappa shape index (κ2) is 9.51. The second-order valence-electron chi connectivity index (χ2n) is 8.56. The Kier molecular flexibility index (Phi) is 6.74. The summed E-state index contributed by atoms with van der Waals surface area (Å²) >= 11 is 0. The Hall–Kier alpha value is -2.22. The Balaban J connectivity index is 1.34. The van der Waals surface area contributed by atoms with E-state index in [1.165, 1.54) is 11.1 Å². The van der Waals surface area contributed by atoms with Crippen LogP contribution in [0.15, 0.2) is 53.4 Å². The van der Waals surface area contributed by atoms with E-state index in [9.17, 15) is 13.2 Å². The molecule has 0 saturated carbocycles. The van der Waals surface area contributed by atoms with Crippen molar-refractivity contribution in [1.29, 1.82) is 0 Å². The second-order valence-corrected chi connectivity index (χ2v) is 10.5. The maximum absolute atomic E-state index is 13.0. The number of hydrogen-bond acceptors (Lipinski definition) is 4. The molecule has 4 rings (SSSR count). The number of hydrogen-bond donors (Lipinski definition) is 1. The van der Waals surface area contributed by atoms with Gasteiger partial charge in [0, 0.05) is 19.6 Å². The average Bonchev–Trinajstić information content (AvgIpc) is 3.00. The summed E-state index contributed by atoms with van der Waals surface area (Å²) in [5.41, 5.74) is 3.59. The van der Waals surface area contributed by atoms with Gasteiger partial charge in [0.15, 0.2) is 0 Å². The fraction of sp³-hybridized carbons (Fsp3) is 0.458. The molecule has 0 bridgehead atoms. The van der Waals surface area contributed by atoms with Crippen LogP contribution < -0.4 is 5.32 Å². The Bertz CT molecular complexity index is 1020. The van der Waals surface area contributed by atoms with E-state index >= 15 is 0 Å². The number of benzene rings is 2. The third kappa shape index (κ3) is 5.17. The summed E-state index contributed by atoms with van der Waals surface area (Å²) in [5.74, 6) is 0.0107. The van der Waals surface area contributed by atoms with Crippen molar-refractivity contribution in [2.45, 2.75) is 43.5 Å². The zero-order valence-electron chi connectivity index (χ0n) is 18.1. The molecule has 2 aromatic carbocycles.